The van der Waals surface area contributed by atoms with E-state index in [0.29, 0.717) is 32.2 Å². The second-order valence-corrected chi connectivity index (χ2v) is 8.21. The zero-order valence-electron chi connectivity index (χ0n) is 16.9. The van der Waals surface area contributed by atoms with Crippen LogP contribution in [0.1, 0.15) is 5.56 Å². The van der Waals surface area contributed by atoms with Gasteiger partial charge in [0.25, 0.3) is 5.91 Å². The summed E-state index contributed by atoms with van der Waals surface area (Å²) in [5.41, 5.74) is 1.43. The Morgan fingerprint density at radius 3 is 2.23 bits per heavy atom. The lowest BCUT2D eigenvalue weighted by molar-refractivity contribution is -0.113. The highest BCUT2D eigenvalue weighted by Crippen LogP contribution is 2.38. The predicted octanol–water partition coefficient (Wildman–Crippen LogP) is 5.90. The van der Waals surface area contributed by atoms with Crippen molar-refractivity contribution in [1.29, 1.82) is 0 Å². The van der Waals surface area contributed by atoms with Gasteiger partial charge in [-0.3, -0.25) is 9.69 Å². The minimum atomic E-state index is -0.184. The van der Waals surface area contributed by atoms with E-state index in [4.69, 9.17) is 26.4 Å². The Morgan fingerprint density at radius 1 is 0.871 bits per heavy atom. The van der Waals surface area contributed by atoms with Crippen LogP contribution in [0.2, 0.25) is 0 Å². The van der Waals surface area contributed by atoms with E-state index in [1.54, 1.807) is 32.4 Å². The first-order valence-electron chi connectivity index (χ1n) is 9.42. The van der Waals surface area contributed by atoms with Gasteiger partial charge in [-0.25, -0.2) is 0 Å². The van der Waals surface area contributed by atoms with E-state index in [1.165, 1.54) is 16.7 Å². The SMILES string of the molecule is COc1ccc(OC)c(/C=C2\SC(=S)N(c3ccc(Oc4ccccc4)cc3)C2=O)c1. The van der Waals surface area contributed by atoms with Crippen LogP contribution < -0.4 is 19.1 Å². The molecule has 0 aliphatic carbocycles. The maximum absolute atomic E-state index is 13.1. The van der Waals surface area contributed by atoms with Crippen LogP contribution >= 0.6 is 24.0 Å². The molecule has 0 N–H and O–H groups in total. The van der Waals surface area contributed by atoms with Crippen molar-refractivity contribution in [2.75, 3.05) is 19.1 Å². The Kier molecular flexibility index (Phi) is 6.25. The number of amides is 1. The van der Waals surface area contributed by atoms with E-state index in [0.717, 1.165) is 11.3 Å². The van der Waals surface area contributed by atoms with Crippen molar-refractivity contribution >= 4 is 46.0 Å². The van der Waals surface area contributed by atoms with Gasteiger partial charge < -0.3 is 14.2 Å². The summed E-state index contributed by atoms with van der Waals surface area (Å²) in [6.07, 6.45) is 1.77. The molecule has 1 amide bonds. The first-order valence-corrected chi connectivity index (χ1v) is 10.6. The number of anilines is 1. The largest absolute Gasteiger partial charge is 0.497 e. The maximum atomic E-state index is 13.1. The molecule has 1 aliphatic heterocycles. The Morgan fingerprint density at radius 2 is 1.55 bits per heavy atom. The summed E-state index contributed by atoms with van der Waals surface area (Å²) in [6.45, 7) is 0. The Bertz CT molecular complexity index is 1140. The summed E-state index contributed by atoms with van der Waals surface area (Å²) in [4.78, 5) is 15.1. The summed E-state index contributed by atoms with van der Waals surface area (Å²) >= 11 is 6.73. The van der Waals surface area contributed by atoms with Crippen LogP contribution in [0.5, 0.6) is 23.0 Å². The third-order valence-electron chi connectivity index (χ3n) is 4.59. The average Bonchev–Trinajstić information content (AvgIpc) is 3.07. The van der Waals surface area contributed by atoms with Crippen molar-refractivity contribution in [3.8, 4) is 23.0 Å². The van der Waals surface area contributed by atoms with E-state index in [-0.39, 0.29) is 5.91 Å². The van der Waals surface area contributed by atoms with Crippen molar-refractivity contribution in [3.63, 3.8) is 0 Å². The molecule has 3 aromatic rings. The fourth-order valence-corrected chi connectivity index (χ4v) is 4.36. The molecule has 0 spiro atoms. The van der Waals surface area contributed by atoms with Crippen LogP contribution in [0.15, 0.2) is 77.7 Å². The number of hydrogen-bond acceptors (Lipinski definition) is 6. The normalized spacial score (nSPS) is 14.8. The predicted molar refractivity (Wildman–Crippen MR) is 128 cm³/mol. The third kappa shape index (κ3) is 4.57. The van der Waals surface area contributed by atoms with Gasteiger partial charge in [-0.15, -0.1) is 0 Å². The van der Waals surface area contributed by atoms with Crippen molar-refractivity contribution in [3.05, 3.63) is 83.3 Å². The van der Waals surface area contributed by atoms with Crippen molar-refractivity contribution in [1.82, 2.24) is 0 Å². The van der Waals surface area contributed by atoms with E-state index >= 15 is 0 Å². The van der Waals surface area contributed by atoms with Crippen molar-refractivity contribution < 1.29 is 19.0 Å². The monoisotopic (exact) mass is 449 g/mol. The molecule has 1 heterocycles. The fraction of sp³-hybridized carbons (Fsp3) is 0.0833. The first kappa shape index (κ1) is 21.0. The highest BCUT2D eigenvalue weighted by atomic mass is 32.2. The number of carbonyl (C=O) groups is 1. The molecular formula is C24H19NO4S2. The molecule has 0 unspecified atom stereocenters. The van der Waals surface area contributed by atoms with Crippen LogP contribution in [-0.4, -0.2) is 24.4 Å². The van der Waals surface area contributed by atoms with Crippen LogP contribution in [0.25, 0.3) is 6.08 Å². The first-order chi connectivity index (χ1) is 15.1. The molecule has 1 aliphatic rings. The van der Waals surface area contributed by atoms with E-state index in [1.807, 2.05) is 60.7 Å². The number of benzene rings is 3. The molecule has 0 bridgehead atoms. The van der Waals surface area contributed by atoms with Crippen molar-refractivity contribution in [2.24, 2.45) is 0 Å². The molecule has 4 rings (SSSR count). The number of rotatable bonds is 6. The van der Waals surface area contributed by atoms with Crippen LogP contribution in [0.4, 0.5) is 5.69 Å². The molecule has 0 saturated carbocycles. The number of thiocarbonyl (C=S) groups is 1. The summed E-state index contributed by atoms with van der Waals surface area (Å²) in [6, 6.07) is 22.2. The molecule has 1 saturated heterocycles. The number of thioether (sulfide) groups is 1. The summed E-state index contributed by atoms with van der Waals surface area (Å²) in [5, 5.41) is 0. The number of hydrogen-bond donors (Lipinski definition) is 0. The second-order valence-electron chi connectivity index (χ2n) is 6.53. The van der Waals surface area contributed by atoms with Crippen LogP contribution in [-0.2, 0) is 4.79 Å². The van der Waals surface area contributed by atoms with Crippen LogP contribution in [0.3, 0.4) is 0 Å². The Labute approximate surface area is 190 Å². The minimum Gasteiger partial charge on any atom is -0.497 e. The number of nitrogens with zero attached hydrogens (tertiary/aromatic N) is 1. The Balaban J connectivity index is 1.57. The number of para-hydroxylation sites is 1. The summed E-state index contributed by atoms with van der Waals surface area (Å²) < 4.78 is 17.0. The van der Waals surface area contributed by atoms with E-state index < -0.39 is 0 Å². The summed E-state index contributed by atoms with van der Waals surface area (Å²) in [7, 11) is 3.18. The number of ether oxygens (including phenoxy) is 3. The van der Waals surface area contributed by atoms with E-state index in [9.17, 15) is 4.79 Å². The highest BCUT2D eigenvalue weighted by Gasteiger charge is 2.33. The lowest BCUT2D eigenvalue weighted by atomic mass is 10.1. The van der Waals surface area contributed by atoms with Crippen LogP contribution in [0, 0.1) is 0 Å². The third-order valence-corrected chi connectivity index (χ3v) is 5.89. The van der Waals surface area contributed by atoms with E-state index in [2.05, 4.69) is 0 Å². The lowest BCUT2D eigenvalue weighted by Gasteiger charge is -2.15. The molecule has 0 atom stereocenters. The highest BCUT2D eigenvalue weighted by molar-refractivity contribution is 8.27. The minimum absolute atomic E-state index is 0.184. The smallest absolute Gasteiger partial charge is 0.270 e. The number of methoxy groups -OCH3 is 2. The Hall–Kier alpha value is -3.29. The maximum Gasteiger partial charge on any atom is 0.270 e. The topological polar surface area (TPSA) is 48.0 Å². The molecule has 0 aromatic heterocycles. The molecular weight excluding hydrogens is 430 g/mol. The number of carbonyl (C=O) groups excluding carboxylic acids is 1. The van der Waals surface area contributed by atoms with Crippen molar-refractivity contribution in [2.45, 2.75) is 0 Å². The van der Waals surface area contributed by atoms with Gasteiger partial charge in [0, 0.05) is 5.56 Å². The molecule has 1 fully saturated rings. The summed E-state index contributed by atoms with van der Waals surface area (Å²) in [5.74, 6) is 2.56. The zero-order valence-corrected chi connectivity index (χ0v) is 18.5. The molecule has 0 radical (unpaired) electrons. The molecule has 3 aromatic carbocycles. The fourth-order valence-electron chi connectivity index (χ4n) is 3.07. The van der Waals surface area contributed by atoms with Gasteiger partial charge in [-0.2, -0.15) is 0 Å². The van der Waals surface area contributed by atoms with Gasteiger partial charge in [0.1, 0.15) is 23.0 Å². The molecule has 156 valence electrons. The standard InChI is InChI=1S/C24H19NO4S2/c1-27-20-12-13-21(28-2)16(14-20)15-22-23(26)25(24(30)31-22)17-8-10-19(11-9-17)29-18-6-4-3-5-7-18/h3-15H,1-2H3/b22-15-. The molecule has 7 heteroatoms. The van der Waals surface area contributed by atoms with Gasteiger partial charge >= 0.3 is 0 Å². The lowest BCUT2D eigenvalue weighted by Crippen LogP contribution is -2.27. The molecule has 5 nitrogen and oxygen atoms in total. The van der Waals surface area contributed by atoms with Gasteiger partial charge in [-0.1, -0.05) is 42.2 Å². The van der Waals surface area contributed by atoms with Gasteiger partial charge in [-0.05, 0) is 60.7 Å². The van der Waals surface area contributed by atoms with Gasteiger partial charge in [0.05, 0.1) is 24.8 Å². The average molecular weight is 450 g/mol. The molecule has 31 heavy (non-hydrogen) atoms. The second kappa shape index (κ2) is 9.24. The zero-order chi connectivity index (χ0) is 21.8. The van der Waals surface area contributed by atoms with Gasteiger partial charge in [0.2, 0.25) is 0 Å². The quantitative estimate of drug-likeness (QED) is 0.345. The van der Waals surface area contributed by atoms with Gasteiger partial charge in [0.15, 0.2) is 4.32 Å².